The van der Waals surface area contributed by atoms with Crippen molar-refractivity contribution in [2.75, 3.05) is 18.4 Å². The van der Waals surface area contributed by atoms with Crippen LogP contribution in [0, 0.1) is 4.77 Å². The number of fused-ring (bicyclic) bond motifs is 1. The second-order valence-corrected chi connectivity index (χ2v) is 9.38. The second-order valence-electron chi connectivity index (χ2n) is 9.00. The number of aromatic amines is 1. The van der Waals surface area contributed by atoms with Gasteiger partial charge in [0.05, 0.1) is 5.52 Å². The van der Waals surface area contributed by atoms with Crippen molar-refractivity contribution < 1.29 is 4.79 Å². The van der Waals surface area contributed by atoms with Gasteiger partial charge in [-0.3, -0.25) is 9.69 Å². The third-order valence-corrected chi connectivity index (χ3v) is 6.68. The first kappa shape index (κ1) is 23.2. The number of benzene rings is 3. The van der Waals surface area contributed by atoms with Gasteiger partial charge in [0, 0.05) is 43.2 Å². The SMILES string of the molecule is O=C(NC1CCN(Cc2ccccc2)CC1)c1ccc(CNc2nc(=S)[nH]c3ccccc23)cc1. The Balaban J connectivity index is 1.13. The molecule has 0 atom stereocenters. The molecule has 35 heavy (non-hydrogen) atoms. The molecule has 4 aromatic rings. The lowest BCUT2D eigenvalue weighted by atomic mass is 10.0. The molecule has 2 heterocycles. The molecule has 6 nitrogen and oxygen atoms in total. The zero-order chi connectivity index (χ0) is 24.0. The topological polar surface area (TPSA) is 73.1 Å². The van der Waals surface area contributed by atoms with Crippen LogP contribution in [-0.2, 0) is 13.1 Å². The molecule has 3 N–H and O–H groups in total. The Morgan fingerprint density at radius 3 is 2.43 bits per heavy atom. The summed E-state index contributed by atoms with van der Waals surface area (Å²) in [6.07, 6.45) is 1.95. The van der Waals surface area contributed by atoms with E-state index in [4.69, 9.17) is 12.2 Å². The Morgan fingerprint density at radius 1 is 0.943 bits per heavy atom. The van der Waals surface area contributed by atoms with Crippen LogP contribution in [0.4, 0.5) is 5.82 Å². The molecule has 1 amide bonds. The predicted octanol–water partition coefficient (Wildman–Crippen LogP) is 5.30. The highest BCUT2D eigenvalue weighted by Gasteiger charge is 2.21. The summed E-state index contributed by atoms with van der Waals surface area (Å²) in [4.78, 5) is 22.8. The number of carbonyl (C=O) groups excluding carboxylic acids is 1. The van der Waals surface area contributed by atoms with Crippen LogP contribution in [0.5, 0.6) is 0 Å². The minimum atomic E-state index is -0.00646. The molecule has 1 saturated heterocycles. The molecule has 1 aliphatic rings. The maximum absolute atomic E-state index is 12.8. The molecule has 0 saturated carbocycles. The lowest BCUT2D eigenvalue weighted by molar-refractivity contribution is 0.0909. The zero-order valence-electron chi connectivity index (χ0n) is 19.5. The fourth-order valence-corrected chi connectivity index (χ4v) is 4.75. The van der Waals surface area contributed by atoms with Gasteiger partial charge in [0.2, 0.25) is 0 Å². The fourth-order valence-electron chi connectivity index (χ4n) is 4.54. The van der Waals surface area contributed by atoms with Crippen molar-refractivity contribution in [1.82, 2.24) is 20.2 Å². The van der Waals surface area contributed by atoms with Crippen molar-refractivity contribution in [2.45, 2.75) is 32.0 Å². The molecule has 178 valence electrons. The number of hydrogen-bond acceptors (Lipinski definition) is 5. The van der Waals surface area contributed by atoms with E-state index in [-0.39, 0.29) is 11.9 Å². The van der Waals surface area contributed by atoms with Crippen LogP contribution in [0.15, 0.2) is 78.9 Å². The first-order valence-corrected chi connectivity index (χ1v) is 12.4. The van der Waals surface area contributed by atoms with Gasteiger partial charge in [-0.1, -0.05) is 54.6 Å². The number of amides is 1. The highest BCUT2D eigenvalue weighted by molar-refractivity contribution is 7.71. The fraction of sp³-hybridized carbons (Fsp3) is 0.250. The highest BCUT2D eigenvalue weighted by atomic mass is 32.1. The van der Waals surface area contributed by atoms with Gasteiger partial charge in [-0.2, -0.15) is 0 Å². The van der Waals surface area contributed by atoms with Gasteiger partial charge < -0.3 is 15.6 Å². The van der Waals surface area contributed by atoms with Gasteiger partial charge in [-0.15, -0.1) is 0 Å². The molecular formula is C28H29N5OS. The molecule has 5 rings (SSSR count). The van der Waals surface area contributed by atoms with Crippen LogP contribution in [0.2, 0.25) is 0 Å². The summed E-state index contributed by atoms with van der Waals surface area (Å²) < 4.78 is 0.448. The van der Waals surface area contributed by atoms with E-state index < -0.39 is 0 Å². The van der Waals surface area contributed by atoms with Crippen LogP contribution in [0.1, 0.15) is 34.3 Å². The molecule has 0 unspecified atom stereocenters. The average molecular weight is 484 g/mol. The van der Waals surface area contributed by atoms with Crippen molar-refractivity contribution in [3.05, 3.63) is 100 Å². The number of aromatic nitrogens is 2. The summed E-state index contributed by atoms with van der Waals surface area (Å²) in [5, 5.41) is 7.59. The molecule has 0 radical (unpaired) electrons. The Labute approximate surface area is 210 Å². The summed E-state index contributed by atoms with van der Waals surface area (Å²) in [7, 11) is 0. The van der Waals surface area contributed by atoms with Gasteiger partial charge in [0.25, 0.3) is 5.91 Å². The van der Waals surface area contributed by atoms with Crippen molar-refractivity contribution in [3.8, 4) is 0 Å². The maximum atomic E-state index is 12.8. The molecule has 0 spiro atoms. The van der Waals surface area contributed by atoms with Crippen molar-refractivity contribution in [1.29, 1.82) is 0 Å². The van der Waals surface area contributed by atoms with Crippen LogP contribution in [-0.4, -0.2) is 39.9 Å². The van der Waals surface area contributed by atoms with E-state index in [1.54, 1.807) is 0 Å². The Morgan fingerprint density at radius 2 is 1.66 bits per heavy atom. The molecule has 7 heteroatoms. The van der Waals surface area contributed by atoms with E-state index in [2.05, 4.69) is 49.8 Å². The van der Waals surface area contributed by atoms with Gasteiger partial charge in [-0.25, -0.2) is 4.98 Å². The number of anilines is 1. The van der Waals surface area contributed by atoms with Gasteiger partial charge >= 0.3 is 0 Å². The summed E-state index contributed by atoms with van der Waals surface area (Å²) in [6.45, 7) is 3.56. The third kappa shape index (κ3) is 5.93. The zero-order valence-corrected chi connectivity index (χ0v) is 20.4. The van der Waals surface area contributed by atoms with Crippen LogP contribution in [0.3, 0.4) is 0 Å². The van der Waals surface area contributed by atoms with Gasteiger partial charge in [0.1, 0.15) is 5.82 Å². The number of nitrogens with zero attached hydrogens (tertiary/aromatic N) is 2. The molecular weight excluding hydrogens is 454 g/mol. The number of piperidine rings is 1. The average Bonchev–Trinajstić information content (AvgIpc) is 2.89. The lowest BCUT2D eigenvalue weighted by Crippen LogP contribution is -2.44. The molecule has 0 bridgehead atoms. The van der Waals surface area contributed by atoms with Crippen molar-refractivity contribution in [3.63, 3.8) is 0 Å². The lowest BCUT2D eigenvalue weighted by Gasteiger charge is -2.32. The summed E-state index contributed by atoms with van der Waals surface area (Å²) in [5.41, 5.74) is 4.04. The Hall–Kier alpha value is -3.55. The van der Waals surface area contributed by atoms with Crippen LogP contribution < -0.4 is 10.6 Å². The smallest absolute Gasteiger partial charge is 0.251 e. The normalized spacial score (nSPS) is 14.6. The molecule has 1 aliphatic heterocycles. The Bertz CT molecular complexity index is 1350. The number of H-pyrrole nitrogens is 1. The number of likely N-dealkylation sites (tertiary alicyclic amines) is 1. The number of nitrogens with one attached hydrogen (secondary N) is 3. The largest absolute Gasteiger partial charge is 0.365 e. The third-order valence-electron chi connectivity index (χ3n) is 6.49. The van der Waals surface area contributed by atoms with E-state index >= 15 is 0 Å². The number of para-hydroxylation sites is 1. The standard InChI is InChI=1S/C28H29N5OS/c34-27(30-23-14-16-33(17-15-23)19-21-6-2-1-3-7-21)22-12-10-20(11-13-22)18-29-26-24-8-4-5-9-25(24)31-28(35)32-26/h1-13,23H,14-19H2,(H,30,34)(H2,29,31,32,35). The summed E-state index contributed by atoms with van der Waals surface area (Å²) in [5.74, 6) is 0.748. The predicted molar refractivity (Wildman–Crippen MR) is 143 cm³/mol. The van der Waals surface area contributed by atoms with E-state index in [9.17, 15) is 4.79 Å². The van der Waals surface area contributed by atoms with Crippen molar-refractivity contribution >= 4 is 34.8 Å². The molecule has 3 aromatic carbocycles. The second kappa shape index (κ2) is 10.8. The summed E-state index contributed by atoms with van der Waals surface area (Å²) >= 11 is 5.25. The van der Waals surface area contributed by atoms with Crippen LogP contribution in [0.25, 0.3) is 10.9 Å². The van der Waals surface area contributed by atoms with Crippen molar-refractivity contribution in [2.24, 2.45) is 0 Å². The molecule has 1 aromatic heterocycles. The minimum absolute atomic E-state index is 0.00646. The molecule has 1 fully saturated rings. The quantitative estimate of drug-likeness (QED) is 0.311. The maximum Gasteiger partial charge on any atom is 0.251 e. The highest BCUT2D eigenvalue weighted by Crippen LogP contribution is 2.20. The minimum Gasteiger partial charge on any atom is -0.365 e. The first-order chi connectivity index (χ1) is 17.1. The number of carbonyl (C=O) groups is 1. The number of hydrogen-bond donors (Lipinski definition) is 3. The number of rotatable bonds is 7. The van der Waals surface area contributed by atoms with Crippen LogP contribution >= 0.6 is 12.2 Å². The van der Waals surface area contributed by atoms with Gasteiger partial charge in [-0.05, 0) is 60.5 Å². The van der Waals surface area contributed by atoms with Gasteiger partial charge in [0.15, 0.2) is 4.77 Å². The first-order valence-electron chi connectivity index (χ1n) is 12.0. The molecule has 0 aliphatic carbocycles. The summed E-state index contributed by atoms with van der Waals surface area (Å²) in [6, 6.07) is 26.5. The van der Waals surface area contributed by atoms with E-state index in [1.807, 2.05) is 54.6 Å². The monoisotopic (exact) mass is 483 g/mol. The van der Waals surface area contributed by atoms with E-state index in [0.29, 0.717) is 16.9 Å². The Kier molecular flexibility index (Phi) is 7.16. The van der Waals surface area contributed by atoms with E-state index in [1.165, 1.54) is 5.56 Å². The van der Waals surface area contributed by atoms with E-state index in [0.717, 1.165) is 54.8 Å².